The van der Waals surface area contributed by atoms with Crippen molar-refractivity contribution in [1.82, 2.24) is 0 Å². The number of nitrogens with two attached hydrogens (primary N) is 1. The van der Waals surface area contributed by atoms with Crippen LogP contribution in [-0.2, 0) is 33.8 Å². The zero-order valence-electron chi connectivity index (χ0n) is 14.4. The standard InChI is InChI=1S/C10H18O8.C3H7NO2/c1-7(2)9(13-5,15-11)17-18-10(14-6,16-12)8(3)4;1-2-6-3(4)5/h11-12H,1,3H2,2,4-6H3;2H2,1H3,(H2,4,5). The Hall–Kier alpha value is -1.57. The van der Waals surface area contributed by atoms with Crippen LogP contribution in [0.15, 0.2) is 24.3 Å². The molecule has 24 heavy (non-hydrogen) atoms. The van der Waals surface area contributed by atoms with Crippen molar-refractivity contribution in [2.45, 2.75) is 32.7 Å². The summed E-state index contributed by atoms with van der Waals surface area (Å²) < 4.78 is 13.7. The second kappa shape index (κ2) is 11.9. The molecule has 11 nitrogen and oxygen atoms in total. The van der Waals surface area contributed by atoms with Gasteiger partial charge >= 0.3 is 18.0 Å². The van der Waals surface area contributed by atoms with E-state index < -0.39 is 18.0 Å². The molecule has 0 fully saturated rings. The fourth-order valence-corrected chi connectivity index (χ4v) is 1.07. The van der Waals surface area contributed by atoms with E-state index in [1.807, 2.05) is 0 Å². The molecule has 2 atom stereocenters. The molecule has 2 unspecified atom stereocenters. The first-order valence-corrected chi connectivity index (χ1v) is 6.47. The van der Waals surface area contributed by atoms with E-state index in [1.54, 1.807) is 6.92 Å². The van der Waals surface area contributed by atoms with Crippen LogP contribution in [0.3, 0.4) is 0 Å². The van der Waals surface area contributed by atoms with Crippen molar-refractivity contribution in [1.29, 1.82) is 0 Å². The number of hydrogen-bond acceptors (Lipinski definition) is 10. The Bertz CT molecular complexity index is 374. The first-order chi connectivity index (χ1) is 11.1. The van der Waals surface area contributed by atoms with E-state index >= 15 is 0 Å². The molecule has 0 heterocycles. The van der Waals surface area contributed by atoms with Gasteiger partial charge in [0.25, 0.3) is 0 Å². The number of methoxy groups -OCH3 is 2. The lowest BCUT2D eigenvalue weighted by Gasteiger charge is -2.32. The second-order valence-corrected chi connectivity index (χ2v) is 4.18. The highest BCUT2D eigenvalue weighted by Gasteiger charge is 2.44. The maximum Gasteiger partial charge on any atom is 0.404 e. The van der Waals surface area contributed by atoms with Crippen molar-refractivity contribution in [2.24, 2.45) is 5.73 Å². The molecule has 0 saturated heterocycles. The van der Waals surface area contributed by atoms with Gasteiger partial charge < -0.3 is 19.9 Å². The fraction of sp³-hybridized carbons (Fsp3) is 0.615. The molecule has 0 radical (unpaired) electrons. The van der Waals surface area contributed by atoms with Gasteiger partial charge in [-0.1, -0.05) is 13.2 Å². The molecule has 142 valence electrons. The Kier molecular flexibility index (Phi) is 12.2. The van der Waals surface area contributed by atoms with Gasteiger partial charge in [-0.2, -0.15) is 19.6 Å². The van der Waals surface area contributed by atoms with Gasteiger partial charge in [0.15, 0.2) is 0 Å². The molecule has 0 saturated carbocycles. The number of ether oxygens (including phenoxy) is 3. The van der Waals surface area contributed by atoms with E-state index in [1.165, 1.54) is 28.1 Å². The van der Waals surface area contributed by atoms with Crippen LogP contribution < -0.4 is 5.73 Å². The Balaban J connectivity index is 0. The third-order valence-corrected chi connectivity index (χ3v) is 2.37. The number of amides is 1. The summed E-state index contributed by atoms with van der Waals surface area (Å²) in [5.41, 5.74) is 4.79. The molecule has 0 aliphatic heterocycles. The van der Waals surface area contributed by atoms with E-state index in [4.69, 9.17) is 29.8 Å². The van der Waals surface area contributed by atoms with E-state index in [-0.39, 0.29) is 11.1 Å². The summed E-state index contributed by atoms with van der Waals surface area (Å²) in [5, 5.41) is 17.5. The van der Waals surface area contributed by atoms with Crippen LogP contribution >= 0.6 is 0 Å². The summed E-state index contributed by atoms with van der Waals surface area (Å²) in [4.78, 5) is 27.1. The molecule has 0 bridgehead atoms. The molecule has 4 N–H and O–H groups in total. The van der Waals surface area contributed by atoms with Gasteiger partial charge in [-0.05, 0) is 20.8 Å². The molecular weight excluding hydrogens is 330 g/mol. The summed E-state index contributed by atoms with van der Waals surface area (Å²) in [6, 6.07) is 0. The van der Waals surface area contributed by atoms with Crippen LogP contribution in [0.25, 0.3) is 0 Å². The minimum absolute atomic E-state index is 0.122. The predicted molar refractivity (Wildman–Crippen MR) is 79.9 cm³/mol. The van der Waals surface area contributed by atoms with Crippen LogP contribution in [-0.4, -0.2) is 49.4 Å². The summed E-state index contributed by atoms with van der Waals surface area (Å²) in [7, 11) is 2.34. The SMILES string of the molecule is C=C(C)C(OC)(OO)OOC(OC)(OO)C(=C)C.CCOC(N)=O. The lowest BCUT2D eigenvalue weighted by atomic mass is 10.3. The van der Waals surface area contributed by atoms with Crippen molar-refractivity contribution in [3.8, 4) is 0 Å². The van der Waals surface area contributed by atoms with Crippen molar-refractivity contribution < 1.29 is 49.1 Å². The van der Waals surface area contributed by atoms with E-state index in [0.717, 1.165) is 0 Å². The zero-order valence-corrected chi connectivity index (χ0v) is 14.4. The topological polar surface area (TPSA) is 148 Å². The van der Waals surface area contributed by atoms with Gasteiger partial charge in [0, 0.05) is 25.4 Å². The van der Waals surface area contributed by atoms with Gasteiger partial charge in [0.05, 0.1) is 6.61 Å². The largest absolute Gasteiger partial charge is 0.450 e. The minimum atomic E-state index is -2.10. The van der Waals surface area contributed by atoms with Gasteiger partial charge in [-0.3, -0.25) is 0 Å². The highest BCUT2D eigenvalue weighted by molar-refractivity contribution is 5.64. The van der Waals surface area contributed by atoms with Crippen LogP contribution in [0.1, 0.15) is 20.8 Å². The monoisotopic (exact) mass is 355 g/mol. The molecule has 0 aliphatic rings. The summed E-state index contributed by atoms with van der Waals surface area (Å²) >= 11 is 0. The third kappa shape index (κ3) is 7.33. The lowest BCUT2D eigenvalue weighted by molar-refractivity contribution is -0.626. The molecule has 0 spiro atoms. The number of carbonyl (C=O) groups excluding carboxylic acids is 1. The van der Waals surface area contributed by atoms with E-state index in [2.05, 4.69) is 33.4 Å². The number of rotatable bonds is 10. The maximum atomic E-state index is 9.60. The fourth-order valence-electron chi connectivity index (χ4n) is 1.07. The van der Waals surface area contributed by atoms with Gasteiger partial charge in [0.1, 0.15) is 0 Å². The summed E-state index contributed by atoms with van der Waals surface area (Å²) in [6.07, 6.45) is -0.711. The summed E-state index contributed by atoms with van der Waals surface area (Å²) in [5.74, 6) is -4.20. The maximum absolute atomic E-state index is 9.60. The molecule has 11 heteroatoms. The van der Waals surface area contributed by atoms with Crippen molar-refractivity contribution in [3.05, 3.63) is 24.3 Å². The number of primary amides is 1. The Morgan fingerprint density at radius 1 is 1.00 bits per heavy atom. The highest BCUT2D eigenvalue weighted by atomic mass is 17.4. The van der Waals surface area contributed by atoms with Crippen LogP contribution in [0, 0.1) is 0 Å². The number of hydrogen-bond donors (Lipinski definition) is 3. The highest BCUT2D eigenvalue weighted by Crippen LogP contribution is 2.29. The van der Waals surface area contributed by atoms with Crippen molar-refractivity contribution in [3.63, 3.8) is 0 Å². The second-order valence-electron chi connectivity index (χ2n) is 4.18. The molecule has 0 rings (SSSR count). The van der Waals surface area contributed by atoms with Crippen LogP contribution in [0.2, 0.25) is 0 Å². The Morgan fingerprint density at radius 3 is 1.42 bits per heavy atom. The van der Waals surface area contributed by atoms with Gasteiger partial charge in [-0.15, -0.1) is 0 Å². The lowest BCUT2D eigenvalue weighted by Crippen LogP contribution is -2.45. The molecule has 0 aromatic carbocycles. The number of carbonyl (C=O) groups is 1. The predicted octanol–water partition coefficient (Wildman–Crippen LogP) is 1.77. The first-order valence-electron chi connectivity index (χ1n) is 6.47. The van der Waals surface area contributed by atoms with E-state index in [0.29, 0.717) is 6.61 Å². The molecule has 1 amide bonds. The van der Waals surface area contributed by atoms with Crippen molar-refractivity contribution in [2.75, 3.05) is 20.8 Å². The van der Waals surface area contributed by atoms with Crippen molar-refractivity contribution >= 4 is 6.09 Å². The first kappa shape index (κ1) is 24.7. The smallest absolute Gasteiger partial charge is 0.404 e. The zero-order chi connectivity index (χ0) is 19.4. The van der Waals surface area contributed by atoms with Crippen LogP contribution in [0.5, 0.6) is 0 Å². The Morgan fingerprint density at radius 2 is 1.33 bits per heavy atom. The average molecular weight is 355 g/mol. The van der Waals surface area contributed by atoms with Gasteiger partial charge in [-0.25, -0.2) is 15.3 Å². The molecule has 0 aromatic heterocycles. The average Bonchev–Trinajstić information content (AvgIpc) is 2.52. The minimum Gasteiger partial charge on any atom is -0.450 e. The normalized spacial score (nSPS) is 15.3. The third-order valence-electron chi connectivity index (χ3n) is 2.37. The molecular formula is C13H25NO10. The van der Waals surface area contributed by atoms with E-state index in [9.17, 15) is 4.79 Å². The summed E-state index contributed by atoms with van der Waals surface area (Å²) in [6.45, 7) is 11.9. The van der Waals surface area contributed by atoms with Gasteiger partial charge in [0.2, 0.25) is 0 Å². The Labute approximate surface area is 139 Å². The quantitative estimate of drug-likeness (QED) is 0.229. The van der Waals surface area contributed by atoms with Crippen LogP contribution in [0.4, 0.5) is 4.79 Å². The molecule has 0 aliphatic carbocycles. The molecule has 0 aromatic rings.